The van der Waals surface area contributed by atoms with Crippen molar-refractivity contribution in [2.45, 2.75) is 31.3 Å². The summed E-state index contributed by atoms with van der Waals surface area (Å²) < 4.78 is 28.3. The number of thiazole rings is 1. The highest BCUT2D eigenvalue weighted by atomic mass is 32.2. The first kappa shape index (κ1) is 15.1. The highest BCUT2D eigenvalue weighted by Crippen LogP contribution is 2.11. The van der Waals surface area contributed by atoms with Crippen LogP contribution in [0.25, 0.3) is 0 Å². The second-order valence-corrected chi connectivity index (χ2v) is 7.09. The maximum atomic E-state index is 12.1. The lowest BCUT2D eigenvalue weighted by molar-refractivity contribution is 0.575. The van der Waals surface area contributed by atoms with Gasteiger partial charge >= 0.3 is 0 Å². The normalized spacial score (nSPS) is 11.9. The van der Waals surface area contributed by atoms with Crippen molar-refractivity contribution in [2.24, 2.45) is 5.73 Å². The Morgan fingerprint density at radius 3 is 2.95 bits per heavy atom. The zero-order chi connectivity index (χ0) is 14.6. The van der Waals surface area contributed by atoms with Crippen LogP contribution in [0.15, 0.2) is 22.7 Å². The molecular formula is C11H17N5O2S2. The van der Waals surface area contributed by atoms with Gasteiger partial charge in [0.25, 0.3) is 0 Å². The smallest absolute Gasteiger partial charge is 0.244 e. The van der Waals surface area contributed by atoms with Crippen molar-refractivity contribution in [1.29, 1.82) is 0 Å². The maximum Gasteiger partial charge on any atom is 0.244 e. The summed E-state index contributed by atoms with van der Waals surface area (Å²) in [7, 11) is -3.55. The van der Waals surface area contributed by atoms with Gasteiger partial charge in [0, 0.05) is 18.1 Å². The average Bonchev–Trinajstić information content (AvgIpc) is 3.03. The molecule has 0 bridgehead atoms. The molecule has 0 radical (unpaired) electrons. The molecule has 20 heavy (non-hydrogen) atoms. The summed E-state index contributed by atoms with van der Waals surface area (Å²) in [5, 5.41) is 6.75. The summed E-state index contributed by atoms with van der Waals surface area (Å²) in [5.41, 5.74) is 6.12. The second kappa shape index (κ2) is 6.44. The summed E-state index contributed by atoms with van der Waals surface area (Å²) in [5.74, 6) is 0. The lowest BCUT2D eigenvalue weighted by atomic mass is 10.4. The van der Waals surface area contributed by atoms with Crippen LogP contribution in [-0.2, 0) is 23.1 Å². The molecule has 3 N–H and O–H groups in total. The first-order valence-corrected chi connectivity index (χ1v) is 8.51. The Balaban J connectivity index is 2.00. The van der Waals surface area contributed by atoms with Gasteiger partial charge in [0.15, 0.2) is 0 Å². The molecule has 0 aliphatic rings. The molecule has 110 valence electrons. The summed E-state index contributed by atoms with van der Waals surface area (Å²) in [4.78, 5) is 4.36. The van der Waals surface area contributed by atoms with Gasteiger partial charge in [0.05, 0.1) is 23.4 Å². The number of aromatic nitrogens is 3. The van der Waals surface area contributed by atoms with Crippen molar-refractivity contribution in [1.82, 2.24) is 19.5 Å². The van der Waals surface area contributed by atoms with Crippen LogP contribution in [0, 0.1) is 6.92 Å². The third-order valence-corrected chi connectivity index (χ3v) is 4.80. The van der Waals surface area contributed by atoms with Crippen LogP contribution in [0.1, 0.15) is 17.1 Å². The van der Waals surface area contributed by atoms with Gasteiger partial charge in [-0.2, -0.15) is 5.10 Å². The SMILES string of the molecule is Cc1nc(CNS(=O)(=O)c2cnn(CCCN)c2)cs1. The number of rotatable bonds is 7. The molecule has 2 aromatic heterocycles. The largest absolute Gasteiger partial charge is 0.330 e. The van der Waals surface area contributed by atoms with Crippen LogP contribution >= 0.6 is 11.3 Å². The van der Waals surface area contributed by atoms with E-state index in [0.29, 0.717) is 18.8 Å². The Morgan fingerprint density at radius 1 is 1.50 bits per heavy atom. The van der Waals surface area contributed by atoms with Crippen LogP contribution in [0.4, 0.5) is 0 Å². The van der Waals surface area contributed by atoms with E-state index in [1.54, 1.807) is 4.68 Å². The molecular weight excluding hydrogens is 298 g/mol. The number of nitrogens with two attached hydrogens (primary N) is 1. The highest BCUT2D eigenvalue weighted by Gasteiger charge is 2.16. The van der Waals surface area contributed by atoms with E-state index >= 15 is 0 Å². The van der Waals surface area contributed by atoms with Gasteiger partial charge in [0.2, 0.25) is 10.0 Å². The molecule has 0 saturated carbocycles. The van der Waals surface area contributed by atoms with E-state index in [0.717, 1.165) is 11.4 Å². The fourth-order valence-corrected chi connectivity index (χ4v) is 3.16. The van der Waals surface area contributed by atoms with E-state index in [9.17, 15) is 8.42 Å². The van der Waals surface area contributed by atoms with Crippen molar-refractivity contribution in [3.05, 3.63) is 28.5 Å². The molecule has 2 heterocycles. The summed E-state index contributed by atoms with van der Waals surface area (Å²) >= 11 is 1.49. The van der Waals surface area contributed by atoms with Gasteiger partial charge in [-0.15, -0.1) is 11.3 Å². The first-order valence-electron chi connectivity index (χ1n) is 6.14. The zero-order valence-electron chi connectivity index (χ0n) is 11.1. The second-order valence-electron chi connectivity index (χ2n) is 4.26. The molecule has 2 aromatic rings. The van der Waals surface area contributed by atoms with Crippen molar-refractivity contribution in [2.75, 3.05) is 6.54 Å². The van der Waals surface area contributed by atoms with Gasteiger partial charge in [-0.05, 0) is 19.9 Å². The lowest BCUT2D eigenvalue weighted by Gasteiger charge is -2.02. The molecule has 0 aliphatic heterocycles. The zero-order valence-corrected chi connectivity index (χ0v) is 12.7. The van der Waals surface area contributed by atoms with Crippen LogP contribution in [0.2, 0.25) is 0 Å². The number of nitrogens with one attached hydrogen (secondary N) is 1. The van der Waals surface area contributed by atoms with Crippen molar-refractivity contribution in [3.8, 4) is 0 Å². The summed E-state index contributed by atoms with van der Waals surface area (Å²) in [6, 6.07) is 0. The van der Waals surface area contributed by atoms with Crippen LogP contribution in [0.3, 0.4) is 0 Å². The number of aryl methyl sites for hydroxylation is 2. The van der Waals surface area contributed by atoms with E-state index in [2.05, 4.69) is 14.8 Å². The van der Waals surface area contributed by atoms with E-state index in [1.807, 2.05) is 12.3 Å². The van der Waals surface area contributed by atoms with Crippen molar-refractivity contribution < 1.29 is 8.42 Å². The standard InChI is InChI=1S/C11H17N5O2S2/c1-9-15-10(8-19-9)5-14-20(17,18)11-6-13-16(7-11)4-2-3-12/h6-8,14H,2-5,12H2,1H3. The molecule has 0 aromatic carbocycles. The van der Waals surface area contributed by atoms with Gasteiger partial charge in [0.1, 0.15) is 4.90 Å². The van der Waals surface area contributed by atoms with Crippen molar-refractivity contribution in [3.63, 3.8) is 0 Å². The minimum Gasteiger partial charge on any atom is -0.330 e. The van der Waals surface area contributed by atoms with Crippen LogP contribution in [-0.4, -0.2) is 29.7 Å². The molecule has 0 spiro atoms. The predicted octanol–water partition coefficient (Wildman–Crippen LogP) is 0.475. The van der Waals surface area contributed by atoms with Gasteiger partial charge in [-0.25, -0.2) is 18.1 Å². The van der Waals surface area contributed by atoms with Crippen LogP contribution in [0.5, 0.6) is 0 Å². The van der Waals surface area contributed by atoms with Gasteiger partial charge < -0.3 is 5.73 Å². The molecule has 2 rings (SSSR count). The molecule has 0 amide bonds. The predicted molar refractivity (Wildman–Crippen MR) is 76.8 cm³/mol. The molecule has 0 unspecified atom stereocenters. The average molecular weight is 315 g/mol. The molecule has 0 saturated heterocycles. The summed E-state index contributed by atoms with van der Waals surface area (Å²) in [6.07, 6.45) is 3.60. The molecule has 0 fully saturated rings. The quantitative estimate of drug-likeness (QED) is 0.773. The summed E-state index contributed by atoms with van der Waals surface area (Å²) in [6.45, 7) is 3.21. The van der Waals surface area contributed by atoms with Gasteiger partial charge in [-0.3, -0.25) is 4.68 Å². The van der Waals surface area contributed by atoms with Crippen molar-refractivity contribution >= 4 is 21.4 Å². The fourth-order valence-electron chi connectivity index (χ4n) is 1.60. The minimum absolute atomic E-state index is 0.154. The monoisotopic (exact) mass is 315 g/mol. The molecule has 7 nitrogen and oxygen atoms in total. The van der Waals surface area contributed by atoms with E-state index in [1.165, 1.54) is 23.7 Å². The lowest BCUT2D eigenvalue weighted by Crippen LogP contribution is -2.23. The number of nitrogens with zero attached hydrogens (tertiary/aromatic N) is 3. The van der Waals surface area contributed by atoms with E-state index < -0.39 is 10.0 Å². The topological polar surface area (TPSA) is 103 Å². The Kier molecular flexibility index (Phi) is 4.86. The van der Waals surface area contributed by atoms with E-state index in [4.69, 9.17) is 5.73 Å². The Labute approximate surface area is 121 Å². The molecule has 0 aliphatic carbocycles. The number of hydrogen-bond donors (Lipinski definition) is 2. The Hall–Kier alpha value is -1.29. The highest BCUT2D eigenvalue weighted by molar-refractivity contribution is 7.89. The number of hydrogen-bond acceptors (Lipinski definition) is 6. The molecule has 9 heteroatoms. The molecule has 0 atom stereocenters. The van der Waals surface area contributed by atoms with Gasteiger partial charge in [-0.1, -0.05) is 0 Å². The number of sulfonamides is 1. The Morgan fingerprint density at radius 2 is 2.30 bits per heavy atom. The fraction of sp³-hybridized carbons (Fsp3) is 0.455. The third kappa shape index (κ3) is 3.85. The third-order valence-electron chi connectivity index (χ3n) is 2.62. The first-order chi connectivity index (χ1) is 9.51. The Bertz CT molecular complexity index is 662. The minimum atomic E-state index is -3.55. The maximum absolute atomic E-state index is 12.1. The van der Waals surface area contributed by atoms with E-state index in [-0.39, 0.29) is 11.4 Å². The van der Waals surface area contributed by atoms with Crippen LogP contribution < -0.4 is 10.5 Å².